The highest BCUT2D eigenvalue weighted by atomic mass is 28.4. The summed E-state index contributed by atoms with van der Waals surface area (Å²) >= 11 is 0. The molecule has 1 nitrogen and oxygen atoms in total. The SMILES string of the molecule is C=C/C=C/C(CC/C=C(\C)C=C)O[Si](C)(C)C. The largest absolute Gasteiger partial charge is 0.411 e. The highest BCUT2D eigenvalue weighted by Gasteiger charge is 2.18. The van der Waals surface area contributed by atoms with Crippen molar-refractivity contribution in [2.75, 3.05) is 0 Å². The van der Waals surface area contributed by atoms with Gasteiger partial charge in [-0.05, 0) is 39.4 Å². The Morgan fingerprint density at radius 3 is 2.41 bits per heavy atom. The van der Waals surface area contributed by atoms with Crippen molar-refractivity contribution in [3.8, 4) is 0 Å². The maximum absolute atomic E-state index is 6.10. The van der Waals surface area contributed by atoms with E-state index >= 15 is 0 Å². The second kappa shape index (κ2) is 8.26. The Morgan fingerprint density at radius 1 is 1.29 bits per heavy atom. The van der Waals surface area contributed by atoms with Gasteiger partial charge in [-0.1, -0.05) is 49.1 Å². The van der Waals surface area contributed by atoms with Crippen molar-refractivity contribution in [2.24, 2.45) is 0 Å². The highest BCUT2D eigenvalue weighted by Crippen LogP contribution is 2.14. The minimum Gasteiger partial charge on any atom is -0.411 e. The smallest absolute Gasteiger partial charge is 0.184 e. The molecule has 0 N–H and O–H groups in total. The van der Waals surface area contributed by atoms with E-state index in [0.717, 1.165) is 12.8 Å². The average Bonchev–Trinajstić information content (AvgIpc) is 2.23. The Labute approximate surface area is 108 Å². The summed E-state index contributed by atoms with van der Waals surface area (Å²) in [5.41, 5.74) is 1.23. The molecule has 17 heavy (non-hydrogen) atoms. The summed E-state index contributed by atoms with van der Waals surface area (Å²) in [5, 5.41) is 0. The molecule has 0 aromatic heterocycles. The van der Waals surface area contributed by atoms with E-state index in [1.165, 1.54) is 5.57 Å². The van der Waals surface area contributed by atoms with E-state index in [9.17, 15) is 0 Å². The molecule has 0 fully saturated rings. The zero-order valence-corrected chi connectivity index (χ0v) is 12.7. The van der Waals surface area contributed by atoms with Gasteiger partial charge in [-0.3, -0.25) is 0 Å². The van der Waals surface area contributed by atoms with Crippen LogP contribution in [0.15, 0.2) is 49.1 Å². The molecule has 0 saturated carbocycles. The van der Waals surface area contributed by atoms with Crippen LogP contribution in [0.5, 0.6) is 0 Å². The minimum absolute atomic E-state index is 0.202. The van der Waals surface area contributed by atoms with Gasteiger partial charge in [-0.15, -0.1) is 0 Å². The first-order chi connectivity index (χ1) is 7.89. The fraction of sp³-hybridized carbons (Fsp3) is 0.467. The zero-order chi connectivity index (χ0) is 13.3. The summed E-state index contributed by atoms with van der Waals surface area (Å²) in [6.07, 6.45) is 12.2. The Balaban J connectivity index is 4.34. The molecule has 0 aliphatic carbocycles. The lowest BCUT2D eigenvalue weighted by molar-refractivity contribution is 0.232. The summed E-state index contributed by atoms with van der Waals surface area (Å²) in [7, 11) is -1.48. The molecule has 0 spiro atoms. The molecule has 0 amide bonds. The van der Waals surface area contributed by atoms with Gasteiger partial charge >= 0.3 is 0 Å². The van der Waals surface area contributed by atoms with E-state index in [-0.39, 0.29) is 6.10 Å². The van der Waals surface area contributed by atoms with Crippen molar-refractivity contribution < 1.29 is 4.43 Å². The Hall–Kier alpha value is -0.863. The monoisotopic (exact) mass is 250 g/mol. The summed E-state index contributed by atoms with van der Waals surface area (Å²) < 4.78 is 6.10. The summed E-state index contributed by atoms with van der Waals surface area (Å²) in [5.74, 6) is 0. The van der Waals surface area contributed by atoms with Crippen LogP contribution < -0.4 is 0 Å². The third-order valence-corrected chi connectivity index (χ3v) is 3.22. The van der Waals surface area contributed by atoms with E-state index in [1.54, 1.807) is 6.08 Å². The summed E-state index contributed by atoms with van der Waals surface area (Å²) in [6.45, 7) is 16.2. The van der Waals surface area contributed by atoms with Crippen molar-refractivity contribution >= 4 is 8.32 Å². The molecule has 1 atom stereocenters. The minimum atomic E-state index is -1.48. The molecule has 0 saturated heterocycles. The van der Waals surface area contributed by atoms with E-state index < -0.39 is 8.32 Å². The average molecular weight is 250 g/mol. The Bertz CT molecular complexity index is 295. The van der Waals surface area contributed by atoms with Gasteiger partial charge in [0.05, 0.1) is 6.10 Å². The topological polar surface area (TPSA) is 9.23 Å². The van der Waals surface area contributed by atoms with Crippen molar-refractivity contribution in [2.45, 2.75) is 45.5 Å². The van der Waals surface area contributed by atoms with Gasteiger partial charge in [0.2, 0.25) is 0 Å². The first-order valence-corrected chi connectivity index (χ1v) is 9.56. The van der Waals surface area contributed by atoms with Crippen molar-refractivity contribution in [1.29, 1.82) is 0 Å². The lowest BCUT2D eigenvalue weighted by Gasteiger charge is -2.24. The number of rotatable bonds is 8. The van der Waals surface area contributed by atoms with Crippen LogP contribution >= 0.6 is 0 Å². The van der Waals surface area contributed by atoms with Gasteiger partial charge in [0.15, 0.2) is 8.32 Å². The van der Waals surface area contributed by atoms with E-state index in [2.05, 4.69) is 51.9 Å². The van der Waals surface area contributed by atoms with Gasteiger partial charge in [0, 0.05) is 0 Å². The zero-order valence-electron chi connectivity index (χ0n) is 11.7. The quantitative estimate of drug-likeness (QED) is 0.441. The van der Waals surface area contributed by atoms with Gasteiger partial charge < -0.3 is 4.43 Å². The van der Waals surface area contributed by atoms with Crippen molar-refractivity contribution in [3.63, 3.8) is 0 Å². The van der Waals surface area contributed by atoms with Gasteiger partial charge in [0.25, 0.3) is 0 Å². The fourth-order valence-corrected chi connectivity index (χ4v) is 2.51. The van der Waals surface area contributed by atoms with Crippen molar-refractivity contribution in [1.82, 2.24) is 0 Å². The summed E-state index contributed by atoms with van der Waals surface area (Å²) in [4.78, 5) is 0. The second-order valence-electron chi connectivity index (χ2n) is 5.12. The molecule has 0 aromatic rings. The maximum Gasteiger partial charge on any atom is 0.184 e. The molecule has 2 heteroatoms. The molecule has 1 unspecified atom stereocenters. The van der Waals surface area contributed by atoms with Crippen LogP contribution in [0.2, 0.25) is 19.6 Å². The van der Waals surface area contributed by atoms with E-state index in [0.29, 0.717) is 0 Å². The molecular formula is C15H26OSi. The standard InChI is InChI=1S/C15H26OSi/c1-7-9-12-15(16-17(4,5)6)13-10-11-14(3)8-2/h7-9,11-12,15H,1-2,10,13H2,3-6H3/b12-9+,14-11+. The predicted octanol–water partition coefficient (Wildman–Crippen LogP) is 4.86. The molecule has 0 aliphatic rings. The normalized spacial score (nSPS) is 14.9. The van der Waals surface area contributed by atoms with Gasteiger partial charge in [-0.25, -0.2) is 0 Å². The molecule has 96 valence electrons. The Kier molecular flexibility index (Phi) is 7.84. The molecular weight excluding hydrogens is 224 g/mol. The van der Waals surface area contributed by atoms with Gasteiger partial charge in [-0.2, -0.15) is 0 Å². The lowest BCUT2D eigenvalue weighted by Crippen LogP contribution is -2.31. The third kappa shape index (κ3) is 10.0. The lowest BCUT2D eigenvalue weighted by atomic mass is 10.1. The predicted molar refractivity (Wildman–Crippen MR) is 80.7 cm³/mol. The van der Waals surface area contributed by atoms with Crippen molar-refractivity contribution in [3.05, 3.63) is 49.1 Å². The molecule has 0 heterocycles. The third-order valence-electron chi connectivity index (χ3n) is 2.21. The number of hydrogen-bond acceptors (Lipinski definition) is 1. The van der Waals surface area contributed by atoms with Crippen LogP contribution in [0.4, 0.5) is 0 Å². The fourth-order valence-electron chi connectivity index (χ4n) is 1.41. The number of allylic oxidation sites excluding steroid dienone is 5. The molecule has 0 rings (SSSR count). The molecule has 0 aromatic carbocycles. The van der Waals surface area contributed by atoms with Crippen LogP contribution in [0.3, 0.4) is 0 Å². The van der Waals surface area contributed by atoms with Crippen LogP contribution in [0.1, 0.15) is 19.8 Å². The first-order valence-electron chi connectivity index (χ1n) is 6.15. The van der Waals surface area contributed by atoms with E-state index in [4.69, 9.17) is 4.43 Å². The van der Waals surface area contributed by atoms with Gasteiger partial charge in [0.1, 0.15) is 0 Å². The van der Waals surface area contributed by atoms with Crippen LogP contribution in [0, 0.1) is 0 Å². The molecule has 0 radical (unpaired) electrons. The summed E-state index contributed by atoms with van der Waals surface area (Å²) in [6, 6.07) is 0. The second-order valence-corrected chi connectivity index (χ2v) is 9.58. The molecule has 0 bridgehead atoms. The first kappa shape index (κ1) is 16.1. The highest BCUT2D eigenvalue weighted by molar-refractivity contribution is 6.69. The number of hydrogen-bond donors (Lipinski definition) is 0. The van der Waals surface area contributed by atoms with Crippen LogP contribution in [0.25, 0.3) is 0 Å². The maximum atomic E-state index is 6.10. The molecule has 0 aliphatic heterocycles. The van der Waals surface area contributed by atoms with Crippen LogP contribution in [-0.4, -0.2) is 14.4 Å². The Morgan fingerprint density at radius 2 is 1.94 bits per heavy atom. The van der Waals surface area contributed by atoms with Crippen LogP contribution in [-0.2, 0) is 4.43 Å². The van der Waals surface area contributed by atoms with E-state index in [1.807, 2.05) is 12.2 Å².